The number of rotatable bonds is 4. The van der Waals surface area contributed by atoms with Crippen LogP contribution in [0, 0.1) is 10.1 Å². The summed E-state index contributed by atoms with van der Waals surface area (Å²) in [6, 6.07) is 18.8. The molecule has 0 aliphatic heterocycles. The fourth-order valence-electron chi connectivity index (χ4n) is 2.27. The normalized spacial score (nSPS) is 10.4. The van der Waals surface area contributed by atoms with Crippen molar-refractivity contribution in [3.8, 4) is 11.3 Å². The number of non-ortho nitro benzene ring substituents is 1. The van der Waals surface area contributed by atoms with Gasteiger partial charge in [-0.25, -0.2) is 4.68 Å². The van der Waals surface area contributed by atoms with Gasteiger partial charge in [0.25, 0.3) is 11.2 Å². The van der Waals surface area contributed by atoms with E-state index >= 15 is 0 Å². The number of benzene rings is 2. The van der Waals surface area contributed by atoms with Gasteiger partial charge in [-0.2, -0.15) is 5.10 Å². The molecule has 0 N–H and O–H groups in total. The highest BCUT2D eigenvalue weighted by Crippen LogP contribution is 2.16. The lowest BCUT2D eigenvalue weighted by Gasteiger charge is -2.07. The van der Waals surface area contributed by atoms with Crippen LogP contribution in [0.1, 0.15) is 5.56 Å². The number of nitro groups is 1. The Balaban J connectivity index is 1.96. The molecule has 6 heteroatoms. The third-order valence-corrected chi connectivity index (χ3v) is 3.39. The van der Waals surface area contributed by atoms with E-state index in [-0.39, 0.29) is 17.8 Å². The van der Waals surface area contributed by atoms with E-state index in [2.05, 4.69) is 5.10 Å². The van der Waals surface area contributed by atoms with Crippen LogP contribution in [0.4, 0.5) is 5.69 Å². The molecule has 0 saturated carbocycles. The number of hydrogen-bond acceptors (Lipinski definition) is 4. The average Bonchev–Trinajstić information content (AvgIpc) is 2.58. The Hall–Kier alpha value is -3.28. The number of aromatic nitrogens is 2. The van der Waals surface area contributed by atoms with E-state index in [4.69, 9.17) is 0 Å². The van der Waals surface area contributed by atoms with Gasteiger partial charge in [0.15, 0.2) is 0 Å². The molecule has 6 nitrogen and oxygen atoms in total. The summed E-state index contributed by atoms with van der Waals surface area (Å²) in [4.78, 5) is 22.4. The van der Waals surface area contributed by atoms with E-state index in [0.29, 0.717) is 11.3 Å². The highest BCUT2D eigenvalue weighted by Gasteiger charge is 2.08. The van der Waals surface area contributed by atoms with Gasteiger partial charge in [-0.3, -0.25) is 14.9 Å². The molecule has 0 bridgehead atoms. The van der Waals surface area contributed by atoms with Crippen molar-refractivity contribution in [1.29, 1.82) is 0 Å². The summed E-state index contributed by atoms with van der Waals surface area (Å²) in [6.07, 6.45) is 0. The minimum atomic E-state index is -0.458. The highest BCUT2D eigenvalue weighted by molar-refractivity contribution is 5.57. The van der Waals surface area contributed by atoms with Gasteiger partial charge < -0.3 is 0 Å². The van der Waals surface area contributed by atoms with Crippen molar-refractivity contribution in [2.45, 2.75) is 6.54 Å². The molecule has 0 spiro atoms. The number of hydrogen-bond donors (Lipinski definition) is 0. The molecule has 0 aliphatic carbocycles. The lowest BCUT2D eigenvalue weighted by atomic mass is 10.1. The molecule has 1 aromatic heterocycles. The monoisotopic (exact) mass is 307 g/mol. The number of nitrogens with zero attached hydrogens (tertiary/aromatic N) is 3. The molecule has 3 aromatic rings. The molecular weight excluding hydrogens is 294 g/mol. The van der Waals surface area contributed by atoms with Crippen LogP contribution in [0.25, 0.3) is 11.3 Å². The van der Waals surface area contributed by atoms with E-state index in [1.165, 1.54) is 22.9 Å². The molecule has 0 unspecified atom stereocenters. The molecule has 3 rings (SSSR count). The van der Waals surface area contributed by atoms with Gasteiger partial charge in [0, 0.05) is 23.8 Å². The number of nitro benzene ring substituents is 1. The van der Waals surface area contributed by atoms with Crippen LogP contribution < -0.4 is 5.56 Å². The molecule has 0 radical (unpaired) electrons. The molecule has 0 atom stereocenters. The first-order valence-corrected chi connectivity index (χ1v) is 7.00. The van der Waals surface area contributed by atoms with Gasteiger partial charge in [0.1, 0.15) is 0 Å². The predicted molar refractivity (Wildman–Crippen MR) is 86.1 cm³/mol. The zero-order chi connectivity index (χ0) is 16.2. The lowest BCUT2D eigenvalue weighted by Crippen LogP contribution is -2.22. The maximum absolute atomic E-state index is 12.0. The first-order chi connectivity index (χ1) is 11.1. The van der Waals surface area contributed by atoms with Crippen LogP contribution in [-0.2, 0) is 6.54 Å². The summed E-state index contributed by atoms with van der Waals surface area (Å²) < 4.78 is 1.31. The smallest absolute Gasteiger partial charge is 0.268 e. The van der Waals surface area contributed by atoms with Crippen molar-refractivity contribution >= 4 is 5.69 Å². The van der Waals surface area contributed by atoms with Crippen molar-refractivity contribution in [1.82, 2.24) is 9.78 Å². The van der Waals surface area contributed by atoms with E-state index in [1.54, 1.807) is 18.2 Å². The molecule has 0 saturated heterocycles. The van der Waals surface area contributed by atoms with Crippen LogP contribution in [-0.4, -0.2) is 14.7 Å². The van der Waals surface area contributed by atoms with Gasteiger partial charge >= 0.3 is 0 Å². The third-order valence-electron chi connectivity index (χ3n) is 3.39. The van der Waals surface area contributed by atoms with Gasteiger partial charge in [-0.1, -0.05) is 42.5 Å². The molecular formula is C17H13N3O3. The Morgan fingerprint density at radius 1 is 1.00 bits per heavy atom. The quantitative estimate of drug-likeness (QED) is 0.548. The minimum Gasteiger partial charge on any atom is -0.268 e. The summed E-state index contributed by atoms with van der Waals surface area (Å²) in [7, 11) is 0. The molecule has 2 aromatic carbocycles. The second kappa shape index (κ2) is 6.23. The molecule has 0 aliphatic rings. The zero-order valence-corrected chi connectivity index (χ0v) is 12.1. The van der Waals surface area contributed by atoms with Crippen molar-refractivity contribution in [2.75, 3.05) is 0 Å². The summed E-state index contributed by atoms with van der Waals surface area (Å²) in [5.41, 5.74) is 1.97. The first-order valence-electron chi connectivity index (χ1n) is 7.00. The molecule has 0 fully saturated rings. The van der Waals surface area contributed by atoms with Crippen molar-refractivity contribution in [3.05, 3.63) is 92.8 Å². The van der Waals surface area contributed by atoms with Gasteiger partial charge in [0.05, 0.1) is 17.2 Å². The third kappa shape index (κ3) is 3.32. The van der Waals surface area contributed by atoms with E-state index in [1.807, 2.05) is 30.3 Å². The van der Waals surface area contributed by atoms with Gasteiger partial charge in [-0.05, 0) is 11.6 Å². The molecule has 23 heavy (non-hydrogen) atoms. The van der Waals surface area contributed by atoms with Crippen LogP contribution in [0.15, 0.2) is 71.5 Å². The Morgan fingerprint density at radius 2 is 1.78 bits per heavy atom. The lowest BCUT2D eigenvalue weighted by molar-refractivity contribution is -0.384. The fourth-order valence-corrected chi connectivity index (χ4v) is 2.27. The van der Waals surface area contributed by atoms with E-state index < -0.39 is 4.92 Å². The van der Waals surface area contributed by atoms with E-state index in [0.717, 1.165) is 5.56 Å². The maximum Gasteiger partial charge on any atom is 0.269 e. The Labute approximate surface area is 131 Å². The Kier molecular flexibility index (Phi) is 3.97. The van der Waals surface area contributed by atoms with Crippen molar-refractivity contribution in [2.24, 2.45) is 0 Å². The fraction of sp³-hybridized carbons (Fsp3) is 0.0588. The van der Waals surface area contributed by atoms with Crippen LogP contribution in [0.5, 0.6) is 0 Å². The SMILES string of the molecule is O=c1ccc(-c2ccccc2)nn1Cc1cccc([N+](=O)[O-])c1. The predicted octanol–water partition coefficient (Wildman–Crippen LogP) is 2.87. The van der Waals surface area contributed by atoms with Crippen molar-refractivity contribution in [3.63, 3.8) is 0 Å². The summed E-state index contributed by atoms with van der Waals surface area (Å²) in [5.74, 6) is 0. The standard InChI is InChI=1S/C17H13N3O3/c21-17-10-9-16(14-6-2-1-3-7-14)18-19(17)12-13-5-4-8-15(11-13)20(22)23/h1-11H,12H2. The largest absolute Gasteiger partial charge is 0.269 e. The van der Waals surface area contributed by atoms with Crippen molar-refractivity contribution < 1.29 is 4.92 Å². The Bertz CT molecular complexity index is 904. The zero-order valence-electron chi connectivity index (χ0n) is 12.1. The summed E-state index contributed by atoms with van der Waals surface area (Å²) in [5, 5.41) is 15.2. The highest BCUT2D eigenvalue weighted by atomic mass is 16.6. The van der Waals surface area contributed by atoms with Gasteiger partial charge in [0.2, 0.25) is 0 Å². The summed E-state index contributed by atoms with van der Waals surface area (Å²) >= 11 is 0. The van der Waals surface area contributed by atoms with Crippen LogP contribution >= 0.6 is 0 Å². The summed E-state index contributed by atoms with van der Waals surface area (Å²) in [6.45, 7) is 0.182. The first kappa shape index (κ1) is 14.6. The van der Waals surface area contributed by atoms with Crippen LogP contribution in [0.3, 0.4) is 0 Å². The second-order valence-corrected chi connectivity index (χ2v) is 5.01. The average molecular weight is 307 g/mol. The Morgan fingerprint density at radius 3 is 2.52 bits per heavy atom. The minimum absolute atomic E-state index is 0.00485. The maximum atomic E-state index is 12.0. The molecule has 0 amide bonds. The van der Waals surface area contributed by atoms with Gasteiger partial charge in [-0.15, -0.1) is 0 Å². The topological polar surface area (TPSA) is 78.0 Å². The second-order valence-electron chi connectivity index (χ2n) is 5.01. The molecule has 1 heterocycles. The van der Waals surface area contributed by atoms with Crippen LogP contribution in [0.2, 0.25) is 0 Å². The van der Waals surface area contributed by atoms with E-state index in [9.17, 15) is 14.9 Å². The molecule has 114 valence electrons.